The highest BCUT2D eigenvalue weighted by atomic mass is 16.5. The minimum atomic E-state index is -0.590. The lowest BCUT2D eigenvalue weighted by Crippen LogP contribution is -2.30. The number of aromatic nitrogens is 4. The van der Waals surface area contributed by atoms with E-state index >= 15 is 0 Å². The quantitative estimate of drug-likeness (QED) is 0.212. The van der Waals surface area contributed by atoms with Crippen LogP contribution in [0.3, 0.4) is 0 Å². The van der Waals surface area contributed by atoms with Crippen LogP contribution in [-0.2, 0) is 24.8 Å². The first-order valence-corrected chi connectivity index (χ1v) is 14.6. The Bertz CT molecular complexity index is 1790. The van der Waals surface area contributed by atoms with E-state index in [-0.39, 0.29) is 11.0 Å². The van der Waals surface area contributed by atoms with Crippen molar-refractivity contribution in [3.8, 4) is 22.5 Å². The van der Waals surface area contributed by atoms with Gasteiger partial charge in [0, 0.05) is 17.5 Å². The number of H-pyrrole nitrogens is 1. The van der Waals surface area contributed by atoms with Gasteiger partial charge < -0.3 is 0 Å². The van der Waals surface area contributed by atoms with Crippen LogP contribution in [0.1, 0.15) is 74.3 Å². The number of aryl methyl sites for hydroxylation is 2. The average Bonchev–Trinajstić information content (AvgIpc) is 3.42. The zero-order chi connectivity index (χ0) is 29.9. The molecule has 0 radical (unpaired) electrons. The van der Waals surface area contributed by atoms with E-state index in [4.69, 9.17) is 9.51 Å². The van der Waals surface area contributed by atoms with Gasteiger partial charge in [-0.05, 0) is 53.0 Å². The van der Waals surface area contributed by atoms with Crippen LogP contribution in [0, 0.1) is 6.92 Å². The van der Waals surface area contributed by atoms with E-state index in [0.29, 0.717) is 18.8 Å². The third kappa shape index (κ3) is 6.35. The molecule has 1 N–H and O–H groups in total. The molecule has 216 valence electrons. The number of aromatic amines is 1. The number of benzene rings is 3. The predicted octanol–water partition coefficient (Wildman–Crippen LogP) is 6.84. The van der Waals surface area contributed by atoms with Crippen molar-refractivity contribution in [3.05, 3.63) is 127 Å². The lowest BCUT2D eigenvalue weighted by Gasteiger charge is -2.20. The summed E-state index contributed by atoms with van der Waals surface area (Å²) in [6.07, 6.45) is 3.31. The standard InChI is InChI=1S/C35H38N4O3/c1-6-7-12-31-30(33(40)39(23(2)36-31)22-25-15-19-27(20-16-25)35(3,4)5)21-24-13-17-26(18-14-24)28-10-8-9-11-29(28)32-37-34(41)42-38-32/h8-11,13-20H,6-7,12,21-22H2,1-5H3,(H,37,38,41). The number of nitrogens with one attached hydrogen (secondary N) is 1. The molecule has 7 nitrogen and oxygen atoms in total. The van der Waals surface area contributed by atoms with Gasteiger partial charge in [-0.3, -0.25) is 18.9 Å². The fraction of sp³-hybridized carbons (Fsp3) is 0.314. The molecule has 0 saturated carbocycles. The zero-order valence-corrected chi connectivity index (χ0v) is 25.0. The fourth-order valence-corrected chi connectivity index (χ4v) is 5.26. The number of rotatable bonds is 9. The van der Waals surface area contributed by atoms with Gasteiger partial charge in [0.15, 0.2) is 5.82 Å². The second-order valence-corrected chi connectivity index (χ2v) is 11.9. The second kappa shape index (κ2) is 12.1. The molecule has 0 spiro atoms. The summed E-state index contributed by atoms with van der Waals surface area (Å²) >= 11 is 0. The molecule has 5 rings (SSSR count). The largest absolute Gasteiger partial charge is 0.439 e. The maximum Gasteiger partial charge on any atom is 0.439 e. The third-order valence-corrected chi connectivity index (χ3v) is 7.74. The van der Waals surface area contributed by atoms with Gasteiger partial charge in [0.25, 0.3) is 5.56 Å². The second-order valence-electron chi connectivity index (χ2n) is 11.9. The van der Waals surface area contributed by atoms with Crippen molar-refractivity contribution < 1.29 is 4.52 Å². The van der Waals surface area contributed by atoms with Crippen molar-refractivity contribution in [2.45, 2.75) is 72.3 Å². The van der Waals surface area contributed by atoms with Crippen LogP contribution in [-0.4, -0.2) is 19.7 Å². The summed E-state index contributed by atoms with van der Waals surface area (Å²) in [4.78, 5) is 33.1. The summed E-state index contributed by atoms with van der Waals surface area (Å²) in [5.41, 5.74) is 7.81. The van der Waals surface area contributed by atoms with Crippen LogP contribution in [0.15, 0.2) is 86.9 Å². The van der Waals surface area contributed by atoms with Crippen LogP contribution in [0.5, 0.6) is 0 Å². The molecule has 0 saturated heterocycles. The molecule has 2 aromatic heterocycles. The molecule has 0 fully saturated rings. The first-order valence-electron chi connectivity index (χ1n) is 14.6. The van der Waals surface area contributed by atoms with Crippen LogP contribution in [0.25, 0.3) is 22.5 Å². The Morgan fingerprint density at radius 3 is 2.17 bits per heavy atom. The Kier molecular flexibility index (Phi) is 8.39. The van der Waals surface area contributed by atoms with E-state index in [9.17, 15) is 9.59 Å². The van der Waals surface area contributed by atoms with E-state index in [1.54, 1.807) is 4.57 Å². The van der Waals surface area contributed by atoms with Crippen molar-refractivity contribution in [3.63, 3.8) is 0 Å². The highest BCUT2D eigenvalue weighted by Gasteiger charge is 2.17. The Labute approximate surface area is 246 Å². The van der Waals surface area contributed by atoms with Crippen LogP contribution < -0.4 is 11.3 Å². The van der Waals surface area contributed by atoms with E-state index in [0.717, 1.165) is 64.2 Å². The number of hydrogen-bond acceptors (Lipinski definition) is 5. The molecule has 0 bridgehead atoms. The Morgan fingerprint density at radius 1 is 0.881 bits per heavy atom. The average molecular weight is 563 g/mol. The molecule has 5 aromatic rings. The molecule has 0 amide bonds. The summed E-state index contributed by atoms with van der Waals surface area (Å²) < 4.78 is 6.53. The zero-order valence-electron chi connectivity index (χ0n) is 25.0. The van der Waals surface area contributed by atoms with Crippen molar-refractivity contribution in [2.24, 2.45) is 0 Å². The van der Waals surface area contributed by atoms with Gasteiger partial charge in [0.2, 0.25) is 0 Å². The SMILES string of the molecule is CCCCc1nc(C)n(Cc2ccc(C(C)(C)C)cc2)c(=O)c1Cc1ccc(-c2ccccc2-c2noc(=O)[nH]2)cc1. The topological polar surface area (TPSA) is 93.8 Å². The molecule has 3 aromatic carbocycles. The van der Waals surface area contributed by atoms with Gasteiger partial charge in [0.05, 0.1) is 12.2 Å². The minimum absolute atomic E-state index is 0.0258. The Hall–Kier alpha value is -4.52. The van der Waals surface area contributed by atoms with Gasteiger partial charge >= 0.3 is 5.76 Å². The van der Waals surface area contributed by atoms with Gasteiger partial charge in [-0.15, -0.1) is 0 Å². The molecule has 0 aliphatic rings. The molecule has 0 aliphatic heterocycles. The highest BCUT2D eigenvalue weighted by Crippen LogP contribution is 2.30. The Balaban J connectivity index is 1.46. The first kappa shape index (κ1) is 29.0. The van der Waals surface area contributed by atoms with E-state index in [2.05, 4.69) is 74.2 Å². The molecule has 0 atom stereocenters. The van der Waals surface area contributed by atoms with E-state index < -0.39 is 5.76 Å². The smallest absolute Gasteiger partial charge is 0.296 e. The lowest BCUT2D eigenvalue weighted by atomic mass is 9.87. The summed E-state index contributed by atoms with van der Waals surface area (Å²) in [6, 6.07) is 24.4. The maximum absolute atomic E-state index is 14.0. The summed E-state index contributed by atoms with van der Waals surface area (Å²) in [7, 11) is 0. The van der Waals surface area contributed by atoms with Crippen LogP contribution in [0.4, 0.5) is 0 Å². The van der Waals surface area contributed by atoms with Gasteiger partial charge in [0.1, 0.15) is 5.82 Å². The molecule has 7 heteroatoms. The molecule has 0 unspecified atom stereocenters. The van der Waals surface area contributed by atoms with Crippen molar-refractivity contribution in [1.29, 1.82) is 0 Å². The fourth-order valence-electron chi connectivity index (χ4n) is 5.26. The maximum atomic E-state index is 14.0. The molecule has 42 heavy (non-hydrogen) atoms. The minimum Gasteiger partial charge on any atom is -0.296 e. The van der Waals surface area contributed by atoms with Crippen molar-refractivity contribution >= 4 is 0 Å². The predicted molar refractivity (Wildman–Crippen MR) is 167 cm³/mol. The summed E-state index contributed by atoms with van der Waals surface area (Å²) in [5.74, 6) is 0.542. The molecule has 2 heterocycles. The number of nitrogens with zero attached hydrogens (tertiary/aromatic N) is 3. The van der Waals surface area contributed by atoms with Gasteiger partial charge in [-0.2, -0.15) is 0 Å². The van der Waals surface area contributed by atoms with Crippen LogP contribution in [0.2, 0.25) is 0 Å². The summed E-state index contributed by atoms with van der Waals surface area (Å²) in [6.45, 7) is 11.2. The van der Waals surface area contributed by atoms with Gasteiger partial charge in [-0.1, -0.05) is 112 Å². The molecular weight excluding hydrogens is 524 g/mol. The third-order valence-electron chi connectivity index (χ3n) is 7.74. The lowest BCUT2D eigenvalue weighted by molar-refractivity contribution is 0.388. The monoisotopic (exact) mass is 562 g/mol. The van der Waals surface area contributed by atoms with Crippen molar-refractivity contribution in [1.82, 2.24) is 19.7 Å². The van der Waals surface area contributed by atoms with Crippen molar-refractivity contribution in [2.75, 3.05) is 0 Å². The first-order chi connectivity index (χ1) is 20.1. The highest BCUT2D eigenvalue weighted by molar-refractivity contribution is 5.80. The number of unbranched alkanes of at least 4 members (excludes halogenated alkanes) is 1. The summed E-state index contributed by atoms with van der Waals surface area (Å²) in [5, 5.41) is 3.86. The number of hydrogen-bond donors (Lipinski definition) is 1. The molecule has 0 aliphatic carbocycles. The Morgan fingerprint density at radius 2 is 1.55 bits per heavy atom. The molecular formula is C35H38N4O3. The normalized spacial score (nSPS) is 11.6. The van der Waals surface area contributed by atoms with E-state index in [1.165, 1.54) is 5.56 Å². The van der Waals surface area contributed by atoms with Crippen LogP contribution >= 0.6 is 0 Å². The van der Waals surface area contributed by atoms with E-state index in [1.807, 2.05) is 43.3 Å². The van der Waals surface area contributed by atoms with Gasteiger partial charge in [-0.25, -0.2) is 9.78 Å².